The van der Waals surface area contributed by atoms with Gasteiger partial charge in [-0.3, -0.25) is 0 Å². The van der Waals surface area contributed by atoms with Gasteiger partial charge in [-0.05, 0) is 34.5 Å². The van der Waals surface area contributed by atoms with E-state index in [-0.39, 0.29) is 6.29 Å². The molecule has 0 spiro atoms. The van der Waals surface area contributed by atoms with Gasteiger partial charge < -0.3 is 9.47 Å². The lowest BCUT2D eigenvalue weighted by atomic mass is 10.3. The molecule has 1 rings (SSSR count). The number of para-hydroxylation sites is 1. The molecular formula is C12H16Br2O2. The van der Waals surface area contributed by atoms with Crippen molar-refractivity contribution in [3.63, 3.8) is 0 Å². The molecule has 0 saturated heterocycles. The van der Waals surface area contributed by atoms with Crippen LogP contribution in [0.2, 0.25) is 0 Å². The summed E-state index contributed by atoms with van der Waals surface area (Å²) in [6.07, 6.45) is 1.96. The van der Waals surface area contributed by atoms with Crippen LogP contribution >= 0.6 is 31.9 Å². The van der Waals surface area contributed by atoms with E-state index < -0.39 is 0 Å². The van der Waals surface area contributed by atoms with Crippen molar-refractivity contribution in [1.29, 1.82) is 0 Å². The van der Waals surface area contributed by atoms with Gasteiger partial charge >= 0.3 is 0 Å². The van der Waals surface area contributed by atoms with Gasteiger partial charge in [0.25, 0.3) is 0 Å². The summed E-state index contributed by atoms with van der Waals surface area (Å²) in [5, 5.41) is 0.665. The second-order valence-corrected chi connectivity index (χ2v) is 4.86. The van der Waals surface area contributed by atoms with E-state index >= 15 is 0 Å². The Hall–Kier alpha value is -0.0600. The van der Waals surface area contributed by atoms with E-state index in [2.05, 4.69) is 38.8 Å². The van der Waals surface area contributed by atoms with Gasteiger partial charge in [0.05, 0.1) is 16.4 Å². The van der Waals surface area contributed by atoms with E-state index in [9.17, 15) is 0 Å². The second-order valence-electron chi connectivity index (χ2n) is 3.36. The van der Waals surface area contributed by atoms with Crippen LogP contribution in [0.15, 0.2) is 28.7 Å². The van der Waals surface area contributed by atoms with Crippen molar-refractivity contribution >= 4 is 31.9 Å². The third-order valence-corrected chi connectivity index (χ3v) is 3.21. The Morgan fingerprint density at radius 3 is 2.69 bits per heavy atom. The number of hydrogen-bond acceptors (Lipinski definition) is 2. The van der Waals surface area contributed by atoms with Crippen molar-refractivity contribution < 1.29 is 9.47 Å². The number of ether oxygens (including phenoxy) is 2. The molecule has 0 aliphatic rings. The summed E-state index contributed by atoms with van der Waals surface area (Å²) in [4.78, 5) is 0. The zero-order chi connectivity index (χ0) is 11.8. The van der Waals surface area contributed by atoms with Gasteiger partial charge in [-0.2, -0.15) is 0 Å². The highest BCUT2D eigenvalue weighted by molar-refractivity contribution is 9.10. The average molecular weight is 352 g/mol. The molecule has 0 saturated carbocycles. The van der Waals surface area contributed by atoms with Crippen LogP contribution in [0.1, 0.15) is 19.8 Å². The molecule has 0 fully saturated rings. The van der Waals surface area contributed by atoms with E-state index in [1.807, 2.05) is 24.3 Å². The Labute approximate surface area is 114 Å². The first kappa shape index (κ1) is 14.0. The van der Waals surface area contributed by atoms with Crippen molar-refractivity contribution in [2.75, 3.05) is 11.9 Å². The van der Waals surface area contributed by atoms with Crippen molar-refractivity contribution in [3.05, 3.63) is 28.7 Å². The molecule has 4 heteroatoms. The largest absolute Gasteiger partial charge is 0.463 e. The van der Waals surface area contributed by atoms with Crippen molar-refractivity contribution in [2.45, 2.75) is 26.1 Å². The fraction of sp³-hybridized carbons (Fsp3) is 0.500. The molecule has 1 aromatic carbocycles. The molecule has 0 aliphatic carbocycles. The molecule has 1 unspecified atom stereocenters. The third kappa shape index (κ3) is 4.85. The predicted octanol–water partition coefficient (Wildman–Crippen LogP) is 4.37. The van der Waals surface area contributed by atoms with Crippen LogP contribution in [-0.4, -0.2) is 18.2 Å². The van der Waals surface area contributed by atoms with Gasteiger partial charge in [-0.25, -0.2) is 0 Å². The van der Waals surface area contributed by atoms with E-state index in [1.54, 1.807) is 0 Å². The normalized spacial score (nSPS) is 12.4. The summed E-state index contributed by atoms with van der Waals surface area (Å²) in [6.45, 7) is 2.87. The summed E-state index contributed by atoms with van der Waals surface area (Å²) in [5.74, 6) is 0.809. The maximum Gasteiger partial charge on any atom is 0.209 e. The SMILES string of the molecule is CCCCOC(CBr)Oc1ccccc1Br. The van der Waals surface area contributed by atoms with Crippen LogP contribution in [0.4, 0.5) is 0 Å². The van der Waals surface area contributed by atoms with Gasteiger partial charge in [-0.15, -0.1) is 0 Å². The highest BCUT2D eigenvalue weighted by atomic mass is 79.9. The molecule has 0 heterocycles. The fourth-order valence-corrected chi connectivity index (χ4v) is 1.85. The molecule has 90 valence electrons. The van der Waals surface area contributed by atoms with Crippen LogP contribution < -0.4 is 4.74 Å². The lowest BCUT2D eigenvalue weighted by Gasteiger charge is -2.18. The molecule has 0 radical (unpaired) electrons. The standard InChI is InChI=1S/C12H16Br2O2/c1-2-3-8-15-12(9-13)16-11-7-5-4-6-10(11)14/h4-7,12H,2-3,8-9H2,1H3. The molecular weight excluding hydrogens is 336 g/mol. The summed E-state index contributed by atoms with van der Waals surface area (Å²) < 4.78 is 12.3. The molecule has 16 heavy (non-hydrogen) atoms. The monoisotopic (exact) mass is 350 g/mol. The predicted molar refractivity (Wildman–Crippen MR) is 73.2 cm³/mol. The smallest absolute Gasteiger partial charge is 0.209 e. The quantitative estimate of drug-likeness (QED) is 0.412. The Kier molecular flexibility index (Phi) is 7.08. The van der Waals surface area contributed by atoms with E-state index in [4.69, 9.17) is 9.47 Å². The number of rotatable bonds is 7. The Morgan fingerprint density at radius 2 is 2.06 bits per heavy atom. The third-order valence-electron chi connectivity index (χ3n) is 2.02. The first-order valence-corrected chi connectivity index (χ1v) is 7.28. The lowest BCUT2D eigenvalue weighted by molar-refractivity contribution is -0.0635. The highest BCUT2D eigenvalue weighted by Crippen LogP contribution is 2.25. The van der Waals surface area contributed by atoms with Crippen molar-refractivity contribution in [2.24, 2.45) is 0 Å². The Morgan fingerprint density at radius 1 is 1.31 bits per heavy atom. The molecule has 1 aromatic rings. The topological polar surface area (TPSA) is 18.5 Å². The molecule has 1 atom stereocenters. The second kappa shape index (κ2) is 8.09. The first-order valence-electron chi connectivity index (χ1n) is 5.36. The molecule has 0 aliphatic heterocycles. The summed E-state index contributed by atoms with van der Waals surface area (Å²) >= 11 is 6.82. The molecule has 0 amide bonds. The number of halogens is 2. The number of benzene rings is 1. The summed E-state index contributed by atoms with van der Waals surface area (Å²) in [7, 11) is 0. The first-order chi connectivity index (χ1) is 7.77. The maximum absolute atomic E-state index is 5.73. The molecule has 0 aromatic heterocycles. The molecule has 2 nitrogen and oxygen atoms in total. The van der Waals surface area contributed by atoms with Crippen LogP contribution in [0, 0.1) is 0 Å². The zero-order valence-electron chi connectivity index (χ0n) is 9.29. The molecule has 0 N–H and O–H groups in total. The number of unbranched alkanes of at least 4 members (excludes halogenated alkanes) is 1. The van der Waals surface area contributed by atoms with Crippen LogP contribution in [0.3, 0.4) is 0 Å². The van der Waals surface area contributed by atoms with E-state index in [0.29, 0.717) is 5.33 Å². The zero-order valence-corrected chi connectivity index (χ0v) is 12.5. The number of alkyl halides is 1. The van der Waals surface area contributed by atoms with Crippen molar-refractivity contribution in [1.82, 2.24) is 0 Å². The Balaban J connectivity index is 2.46. The van der Waals surface area contributed by atoms with E-state index in [1.165, 1.54) is 0 Å². The van der Waals surface area contributed by atoms with Gasteiger partial charge in [-0.1, -0.05) is 41.4 Å². The van der Waals surface area contributed by atoms with Gasteiger partial charge in [0.2, 0.25) is 6.29 Å². The van der Waals surface area contributed by atoms with Crippen LogP contribution in [-0.2, 0) is 4.74 Å². The van der Waals surface area contributed by atoms with Crippen molar-refractivity contribution in [3.8, 4) is 5.75 Å². The van der Waals surface area contributed by atoms with Gasteiger partial charge in [0.1, 0.15) is 5.75 Å². The summed E-state index contributed by atoms with van der Waals surface area (Å²) in [6, 6.07) is 7.77. The minimum absolute atomic E-state index is 0.231. The summed E-state index contributed by atoms with van der Waals surface area (Å²) in [5.41, 5.74) is 0. The van der Waals surface area contributed by atoms with Crippen LogP contribution in [0.5, 0.6) is 5.75 Å². The highest BCUT2D eigenvalue weighted by Gasteiger charge is 2.10. The number of hydrogen-bond donors (Lipinski definition) is 0. The van der Waals surface area contributed by atoms with E-state index in [0.717, 1.165) is 29.7 Å². The average Bonchev–Trinajstić information content (AvgIpc) is 2.30. The minimum Gasteiger partial charge on any atom is -0.463 e. The van der Waals surface area contributed by atoms with Crippen LogP contribution in [0.25, 0.3) is 0 Å². The fourth-order valence-electron chi connectivity index (χ4n) is 1.15. The maximum atomic E-state index is 5.73. The molecule has 0 bridgehead atoms. The van der Waals surface area contributed by atoms with Gasteiger partial charge in [0, 0.05) is 0 Å². The van der Waals surface area contributed by atoms with Gasteiger partial charge in [0.15, 0.2) is 0 Å². The Bertz CT molecular complexity index is 305. The lowest BCUT2D eigenvalue weighted by Crippen LogP contribution is -2.22. The minimum atomic E-state index is -0.231.